The van der Waals surface area contributed by atoms with E-state index in [-0.39, 0.29) is 11.9 Å². The van der Waals surface area contributed by atoms with Crippen LogP contribution in [0.2, 0.25) is 0 Å². The van der Waals surface area contributed by atoms with Gasteiger partial charge in [0.1, 0.15) is 0 Å². The van der Waals surface area contributed by atoms with Crippen molar-refractivity contribution in [3.63, 3.8) is 0 Å². The highest BCUT2D eigenvalue weighted by Crippen LogP contribution is 2.42. The van der Waals surface area contributed by atoms with Gasteiger partial charge in [0.2, 0.25) is 5.91 Å². The van der Waals surface area contributed by atoms with Crippen LogP contribution in [0.4, 0.5) is 0 Å². The third-order valence-electron chi connectivity index (χ3n) is 5.59. The fraction of sp³-hybridized carbons (Fsp3) is 0.765. The lowest BCUT2D eigenvalue weighted by atomic mass is 9.70. The summed E-state index contributed by atoms with van der Waals surface area (Å²) in [5.74, 6) is 0.701. The predicted octanol–water partition coefficient (Wildman–Crippen LogP) is 1.03. The Morgan fingerprint density at radius 3 is 3.00 bits per heavy atom. The monoisotopic (exact) mass is 318 g/mol. The van der Waals surface area contributed by atoms with Crippen LogP contribution in [-0.2, 0) is 16.1 Å². The van der Waals surface area contributed by atoms with Crippen LogP contribution < -0.4 is 5.32 Å². The number of amides is 1. The number of aromatic nitrogens is 2. The number of hydrogen-bond acceptors (Lipinski definition) is 4. The van der Waals surface area contributed by atoms with Crippen LogP contribution >= 0.6 is 0 Å². The van der Waals surface area contributed by atoms with Crippen LogP contribution in [0.5, 0.6) is 0 Å². The highest BCUT2D eigenvalue weighted by Gasteiger charge is 2.56. The first kappa shape index (κ1) is 15.1. The molecule has 1 amide bonds. The second kappa shape index (κ2) is 6.61. The van der Waals surface area contributed by atoms with Gasteiger partial charge in [-0.1, -0.05) is 0 Å². The molecule has 0 radical (unpaired) electrons. The van der Waals surface area contributed by atoms with Crippen LogP contribution in [0.3, 0.4) is 0 Å². The maximum absolute atomic E-state index is 12.3. The summed E-state index contributed by atoms with van der Waals surface area (Å²) >= 11 is 0. The first-order chi connectivity index (χ1) is 11.3. The number of aryl methyl sites for hydroxylation is 1. The fourth-order valence-corrected chi connectivity index (χ4v) is 4.44. The van der Waals surface area contributed by atoms with E-state index in [1.54, 1.807) is 6.20 Å². The molecular formula is C17H26N4O2. The first-order valence-electron chi connectivity index (χ1n) is 8.95. The summed E-state index contributed by atoms with van der Waals surface area (Å²) in [5, 5.41) is 7.48. The Labute approximate surface area is 137 Å². The Hall–Kier alpha value is -1.40. The minimum Gasteiger partial charge on any atom is -0.376 e. The average molecular weight is 318 g/mol. The van der Waals surface area contributed by atoms with Crippen molar-refractivity contribution >= 4 is 5.91 Å². The minimum absolute atomic E-state index is 0.178. The number of likely N-dealkylation sites (tertiary alicyclic amines) is 1. The number of carbonyl (C=O) groups excluding carboxylic acids is 1. The molecule has 6 nitrogen and oxygen atoms in total. The molecule has 0 bridgehead atoms. The van der Waals surface area contributed by atoms with Crippen molar-refractivity contribution in [2.75, 3.05) is 19.7 Å². The van der Waals surface area contributed by atoms with Crippen molar-refractivity contribution in [1.82, 2.24) is 20.0 Å². The van der Waals surface area contributed by atoms with Gasteiger partial charge in [0.15, 0.2) is 0 Å². The van der Waals surface area contributed by atoms with Gasteiger partial charge in [0.05, 0.1) is 18.2 Å². The highest BCUT2D eigenvalue weighted by atomic mass is 16.5. The molecule has 126 valence electrons. The Morgan fingerprint density at radius 2 is 2.22 bits per heavy atom. The molecule has 0 unspecified atom stereocenters. The maximum atomic E-state index is 12.3. The molecular weight excluding hydrogens is 292 g/mol. The number of ether oxygens (including phenoxy) is 1. The summed E-state index contributed by atoms with van der Waals surface area (Å²) < 4.78 is 7.79. The molecule has 4 atom stereocenters. The van der Waals surface area contributed by atoms with Gasteiger partial charge in [-0.05, 0) is 44.8 Å². The largest absolute Gasteiger partial charge is 0.376 e. The van der Waals surface area contributed by atoms with Crippen molar-refractivity contribution in [3.05, 3.63) is 18.5 Å². The smallest absolute Gasteiger partial charge is 0.220 e. The van der Waals surface area contributed by atoms with E-state index in [0.717, 1.165) is 39.1 Å². The van der Waals surface area contributed by atoms with E-state index in [4.69, 9.17) is 4.74 Å². The summed E-state index contributed by atoms with van der Waals surface area (Å²) in [6.45, 7) is 3.97. The number of nitrogens with one attached hydrogen (secondary N) is 1. The van der Waals surface area contributed by atoms with Crippen molar-refractivity contribution in [2.45, 2.75) is 56.8 Å². The van der Waals surface area contributed by atoms with Crippen molar-refractivity contribution in [3.8, 4) is 0 Å². The number of hydrogen-bond donors (Lipinski definition) is 1. The molecule has 3 heterocycles. The van der Waals surface area contributed by atoms with E-state index in [1.807, 2.05) is 16.9 Å². The molecule has 3 fully saturated rings. The first-order valence-corrected chi connectivity index (χ1v) is 8.95. The van der Waals surface area contributed by atoms with Gasteiger partial charge in [-0.3, -0.25) is 14.4 Å². The SMILES string of the molecule is O=C(CCCn1cccn1)N[C@H]1[C@H]2CCO[C@H]2[C@@H]1N1CCCC1. The third-order valence-corrected chi connectivity index (χ3v) is 5.59. The zero-order valence-corrected chi connectivity index (χ0v) is 13.6. The normalized spacial score (nSPS) is 33.4. The van der Waals surface area contributed by atoms with Gasteiger partial charge >= 0.3 is 0 Å². The lowest BCUT2D eigenvalue weighted by Crippen LogP contribution is -2.70. The van der Waals surface area contributed by atoms with E-state index in [9.17, 15) is 4.79 Å². The summed E-state index contributed by atoms with van der Waals surface area (Å²) in [6.07, 6.45) is 9.11. The standard InChI is InChI=1S/C17H26N4O2/c22-14(5-3-10-21-11-4-7-18-21)19-15-13-6-12-23-17(13)16(15)20-8-1-2-9-20/h4,7,11,13,15-17H,1-3,5-6,8-10,12H2,(H,19,22)/t13-,15+,16-,17-/m1/s1. The lowest BCUT2D eigenvalue weighted by molar-refractivity contribution is -0.129. The summed E-state index contributed by atoms with van der Waals surface area (Å²) in [5.41, 5.74) is 0. The molecule has 1 saturated carbocycles. The van der Waals surface area contributed by atoms with Crippen molar-refractivity contribution in [1.29, 1.82) is 0 Å². The molecule has 3 aliphatic rings. The molecule has 4 rings (SSSR count). The third kappa shape index (κ3) is 3.02. The number of nitrogens with zero attached hydrogens (tertiary/aromatic N) is 3. The molecule has 2 saturated heterocycles. The fourth-order valence-electron chi connectivity index (χ4n) is 4.44. The molecule has 1 aliphatic carbocycles. The Bertz CT molecular complexity index is 522. The van der Waals surface area contributed by atoms with Gasteiger partial charge in [0.25, 0.3) is 0 Å². The zero-order chi connectivity index (χ0) is 15.6. The molecule has 2 aliphatic heterocycles. The van der Waals surface area contributed by atoms with Crippen LogP contribution in [0.15, 0.2) is 18.5 Å². The summed E-state index contributed by atoms with van der Waals surface area (Å²) in [4.78, 5) is 14.9. The van der Waals surface area contributed by atoms with Crippen molar-refractivity contribution in [2.24, 2.45) is 5.92 Å². The number of rotatable bonds is 6. The van der Waals surface area contributed by atoms with Gasteiger partial charge in [-0.2, -0.15) is 5.10 Å². The van der Waals surface area contributed by atoms with Gasteiger partial charge < -0.3 is 10.1 Å². The van der Waals surface area contributed by atoms with Gasteiger partial charge in [0, 0.05) is 37.9 Å². The average Bonchev–Trinajstić information content (AvgIpc) is 3.27. The Balaban J connectivity index is 1.28. The van der Waals surface area contributed by atoms with E-state index < -0.39 is 0 Å². The summed E-state index contributed by atoms with van der Waals surface area (Å²) in [7, 11) is 0. The van der Waals surface area contributed by atoms with E-state index in [0.29, 0.717) is 24.5 Å². The van der Waals surface area contributed by atoms with Crippen molar-refractivity contribution < 1.29 is 9.53 Å². The van der Waals surface area contributed by atoms with Crippen LogP contribution in [0.1, 0.15) is 32.1 Å². The number of carbonyl (C=O) groups is 1. The molecule has 23 heavy (non-hydrogen) atoms. The number of fused-ring (bicyclic) bond motifs is 1. The lowest BCUT2D eigenvalue weighted by Gasteiger charge is -2.51. The highest BCUT2D eigenvalue weighted by molar-refractivity contribution is 5.76. The zero-order valence-electron chi connectivity index (χ0n) is 13.6. The van der Waals surface area contributed by atoms with E-state index in [2.05, 4.69) is 15.3 Å². The van der Waals surface area contributed by atoms with Crippen LogP contribution in [-0.4, -0.2) is 58.5 Å². The maximum Gasteiger partial charge on any atom is 0.220 e. The molecule has 6 heteroatoms. The Morgan fingerprint density at radius 1 is 1.35 bits per heavy atom. The second-order valence-electron chi connectivity index (χ2n) is 6.99. The molecule has 1 aromatic rings. The quantitative estimate of drug-likeness (QED) is 0.851. The van der Waals surface area contributed by atoms with Crippen LogP contribution in [0.25, 0.3) is 0 Å². The van der Waals surface area contributed by atoms with Gasteiger partial charge in [-0.25, -0.2) is 0 Å². The van der Waals surface area contributed by atoms with E-state index >= 15 is 0 Å². The second-order valence-corrected chi connectivity index (χ2v) is 6.99. The molecule has 0 spiro atoms. The minimum atomic E-state index is 0.178. The molecule has 1 aromatic heterocycles. The molecule has 0 aromatic carbocycles. The van der Waals surface area contributed by atoms with Crippen LogP contribution in [0, 0.1) is 5.92 Å². The summed E-state index contributed by atoms with van der Waals surface area (Å²) in [6, 6.07) is 2.60. The van der Waals surface area contributed by atoms with E-state index in [1.165, 1.54) is 12.8 Å². The van der Waals surface area contributed by atoms with Gasteiger partial charge in [-0.15, -0.1) is 0 Å². The topological polar surface area (TPSA) is 59.4 Å². The molecule has 1 N–H and O–H groups in total. The predicted molar refractivity (Wildman–Crippen MR) is 85.8 cm³/mol. The Kier molecular flexibility index (Phi) is 4.35.